The number of rotatable bonds is 2. The lowest BCUT2D eigenvalue weighted by atomic mass is 10.2. The van der Waals surface area contributed by atoms with Gasteiger partial charge in [-0.25, -0.2) is 0 Å². The van der Waals surface area contributed by atoms with E-state index in [2.05, 4.69) is 4.98 Å². The molecule has 0 aromatic carbocycles. The van der Waals surface area contributed by atoms with Crippen LogP contribution in [0, 0.1) is 0 Å². The molecule has 0 aliphatic heterocycles. The molecule has 1 aromatic rings. The van der Waals surface area contributed by atoms with Gasteiger partial charge in [0.1, 0.15) is 5.15 Å². The minimum atomic E-state index is 0.0128. The van der Waals surface area contributed by atoms with Crippen molar-refractivity contribution in [3.8, 4) is 0 Å². The number of aromatic nitrogens is 1. The maximum atomic E-state index is 11.0. The predicted octanol–water partition coefficient (Wildman–Crippen LogP) is 2.91. The molecular weight excluding hydrogens is 185 g/mol. The molecule has 0 aliphatic rings. The Hall–Kier alpha value is -0.470. The van der Waals surface area contributed by atoms with Crippen LogP contribution in [0.15, 0.2) is 6.07 Å². The van der Waals surface area contributed by atoms with Gasteiger partial charge in [0.05, 0.1) is 10.7 Å². The van der Waals surface area contributed by atoms with Gasteiger partial charge in [0.25, 0.3) is 0 Å². The Bertz CT molecular complexity index is 260. The summed E-state index contributed by atoms with van der Waals surface area (Å²) < 4.78 is 0. The fraction of sp³-hybridized carbons (Fsp3) is 0.286. The van der Waals surface area contributed by atoms with Gasteiger partial charge in [0, 0.05) is 6.42 Å². The Balaban J connectivity index is 2.97. The molecule has 0 fully saturated rings. The highest BCUT2D eigenvalue weighted by molar-refractivity contribution is 6.41. The summed E-state index contributed by atoms with van der Waals surface area (Å²) in [7, 11) is 0. The fourth-order valence-corrected chi connectivity index (χ4v) is 1.06. The molecule has 2 nitrogen and oxygen atoms in total. The molecule has 0 atom stereocenters. The molecule has 1 rings (SSSR count). The number of carbonyl (C=O) groups is 1. The average molecular weight is 192 g/mol. The Morgan fingerprint density at radius 1 is 1.64 bits per heavy atom. The number of carbonyl (C=O) groups excluding carboxylic acids is 1. The smallest absolute Gasteiger partial charge is 0.178 e. The molecule has 0 saturated heterocycles. The second-order valence-corrected chi connectivity index (χ2v) is 2.91. The van der Waals surface area contributed by atoms with E-state index in [0.29, 0.717) is 22.3 Å². The van der Waals surface area contributed by atoms with Gasteiger partial charge in [-0.15, -0.1) is 0 Å². The third-order valence-electron chi connectivity index (χ3n) is 1.35. The summed E-state index contributed by atoms with van der Waals surface area (Å²) >= 11 is 11.2. The van der Waals surface area contributed by atoms with Gasteiger partial charge in [-0.3, -0.25) is 4.79 Å². The number of hydrogen-bond donors (Lipinski definition) is 1. The zero-order valence-corrected chi connectivity index (χ0v) is 7.46. The Morgan fingerprint density at radius 3 is 2.64 bits per heavy atom. The number of ketones is 1. The van der Waals surface area contributed by atoms with Gasteiger partial charge in [-0.1, -0.05) is 30.1 Å². The molecule has 0 aliphatic carbocycles. The van der Waals surface area contributed by atoms with Crippen molar-refractivity contribution in [2.24, 2.45) is 0 Å². The first-order chi connectivity index (χ1) is 5.15. The minimum absolute atomic E-state index is 0.0128. The van der Waals surface area contributed by atoms with E-state index in [1.807, 2.05) is 0 Å². The van der Waals surface area contributed by atoms with Gasteiger partial charge in [-0.2, -0.15) is 0 Å². The molecule has 0 saturated carbocycles. The SMILES string of the molecule is CCC(=O)c1cc(Cl)c(Cl)[nH]1. The van der Waals surface area contributed by atoms with Crippen LogP contribution in [0.1, 0.15) is 23.8 Å². The van der Waals surface area contributed by atoms with Crippen LogP contribution in [-0.4, -0.2) is 10.8 Å². The second kappa shape index (κ2) is 3.28. The molecule has 0 spiro atoms. The van der Waals surface area contributed by atoms with Crippen molar-refractivity contribution in [1.82, 2.24) is 4.98 Å². The lowest BCUT2D eigenvalue weighted by Gasteiger charge is -1.88. The third kappa shape index (κ3) is 1.76. The largest absolute Gasteiger partial charge is 0.342 e. The summed E-state index contributed by atoms with van der Waals surface area (Å²) in [6.45, 7) is 1.78. The topological polar surface area (TPSA) is 32.9 Å². The predicted molar refractivity (Wildman–Crippen MR) is 45.4 cm³/mol. The van der Waals surface area contributed by atoms with Crippen LogP contribution in [0.2, 0.25) is 10.2 Å². The molecule has 0 bridgehead atoms. The van der Waals surface area contributed by atoms with Gasteiger partial charge >= 0.3 is 0 Å². The molecule has 4 heteroatoms. The number of aromatic amines is 1. The van der Waals surface area contributed by atoms with Crippen molar-refractivity contribution >= 4 is 29.0 Å². The van der Waals surface area contributed by atoms with E-state index in [1.54, 1.807) is 6.92 Å². The van der Waals surface area contributed by atoms with Crippen LogP contribution in [0.25, 0.3) is 0 Å². The van der Waals surface area contributed by atoms with E-state index < -0.39 is 0 Å². The van der Waals surface area contributed by atoms with Crippen molar-refractivity contribution in [3.63, 3.8) is 0 Å². The van der Waals surface area contributed by atoms with Crippen LogP contribution in [0.4, 0.5) is 0 Å². The Morgan fingerprint density at radius 2 is 2.27 bits per heavy atom. The van der Waals surface area contributed by atoms with Gasteiger partial charge in [-0.05, 0) is 6.07 Å². The minimum Gasteiger partial charge on any atom is -0.342 e. The highest BCUT2D eigenvalue weighted by atomic mass is 35.5. The lowest BCUT2D eigenvalue weighted by Crippen LogP contribution is -1.95. The number of H-pyrrole nitrogens is 1. The molecule has 1 aromatic heterocycles. The summed E-state index contributed by atoms with van der Waals surface area (Å²) in [5.41, 5.74) is 0.475. The van der Waals surface area contributed by atoms with Crippen molar-refractivity contribution < 1.29 is 4.79 Å². The van der Waals surface area contributed by atoms with E-state index in [1.165, 1.54) is 6.07 Å². The van der Waals surface area contributed by atoms with E-state index in [4.69, 9.17) is 23.2 Å². The van der Waals surface area contributed by atoms with Crippen molar-refractivity contribution in [1.29, 1.82) is 0 Å². The molecule has 1 N–H and O–H groups in total. The fourth-order valence-electron chi connectivity index (χ4n) is 0.745. The summed E-state index contributed by atoms with van der Waals surface area (Å²) in [5, 5.41) is 0.715. The first-order valence-electron chi connectivity index (χ1n) is 3.22. The number of hydrogen-bond acceptors (Lipinski definition) is 1. The normalized spacial score (nSPS) is 10.1. The van der Waals surface area contributed by atoms with Crippen LogP contribution in [0.3, 0.4) is 0 Å². The standard InChI is InChI=1S/C7H7Cl2NO/c1-2-6(11)5-3-4(8)7(9)10-5/h3,10H,2H2,1H3. The van der Waals surface area contributed by atoms with Crippen molar-refractivity contribution in [2.75, 3.05) is 0 Å². The Kier molecular flexibility index (Phi) is 2.58. The molecule has 0 amide bonds. The molecule has 60 valence electrons. The monoisotopic (exact) mass is 191 g/mol. The molecule has 0 radical (unpaired) electrons. The van der Waals surface area contributed by atoms with Crippen molar-refractivity contribution in [2.45, 2.75) is 13.3 Å². The molecule has 0 unspecified atom stereocenters. The molecule has 11 heavy (non-hydrogen) atoms. The quantitative estimate of drug-likeness (QED) is 0.718. The van der Waals surface area contributed by atoms with E-state index in [9.17, 15) is 4.79 Å². The summed E-state index contributed by atoms with van der Waals surface area (Å²) in [4.78, 5) is 13.7. The van der Waals surface area contributed by atoms with Crippen LogP contribution < -0.4 is 0 Å². The first kappa shape index (κ1) is 8.62. The lowest BCUT2D eigenvalue weighted by molar-refractivity contribution is 0.0984. The molecular formula is C7H7Cl2NO. The van der Waals surface area contributed by atoms with E-state index in [-0.39, 0.29) is 5.78 Å². The Labute approximate surface area is 74.5 Å². The van der Waals surface area contributed by atoms with Crippen LogP contribution >= 0.6 is 23.2 Å². The third-order valence-corrected chi connectivity index (χ3v) is 2.04. The zero-order chi connectivity index (χ0) is 8.43. The van der Waals surface area contributed by atoms with Crippen LogP contribution in [-0.2, 0) is 0 Å². The van der Waals surface area contributed by atoms with Gasteiger partial charge < -0.3 is 4.98 Å². The number of Topliss-reactive ketones (excluding diaryl/α,β-unsaturated/α-hetero) is 1. The average Bonchev–Trinajstić information content (AvgIpc) is 2.31. The van der Waals surface area contributed by atoms with Crippen molar-refractivity contribution in [3.05, 3.63) is 21.9 Å². The van der Waals surface area contributed by atoms with Crippen LogP contribution in [0.5, 0.6) is 0 Å². The van der Waals surface area contributed by atoms with Gasteiger partial charge in [0.15, 0.2) is 5.78 Å². The summed E-state index contributed by atoms with van der Waals surface area (Å²) in [5.74, 6) is 0.0128. The maximum absolute atomic E-state index is 11.0. The van der Waals surface area contributed by atoms with E-state index >= 15 is 0 Å². The number of nitrogens with one attached hydrogen (secondary N) is 1. The molecule has 1 heterocycles. The maximum Gasteiger partial charge on any atom is 0.178 e. The highest BCUT2D eigenvalue weighted by Crippen LogP contribution is 2.22. The summed E-state index contributed by atoms with van der Waals surface area (Å²) in [6, 6.07) is 1.54. The van der Waals surface area contributed by atoms with E-state index in [0.717, 1.165) is 0 Å². The summed E-state index contributed by atoms with van der Waals surface area (Å²) in [6.07, 6.45) is 0.452. The van der Waals surface area contributed by atoms with Gasteiger partial charge in [0.2, 0.25) is 0 Å². The highest BCUT2D eigenvalue weighted by Gasteiger charge is 2.08. The first-order valence-corrected chi connectivity index (χ1v) is 3.98. The zero-order valence-electron chi connectivity index (χ0n) is 5.95. The number of halogens is 2. The second-order valence-electron chi connectivity index (χ2n) is 2.12.